The Labute approximate surface area is 120 Å². The van der Waals surface area contributed by atoms with Gasteiger partial charge in [0.05, 0.1) is 6.61 Å². The maximum absolute atomic E-state index is 14.2. The van der Waals surface area contributed by atoms with Gasteiger partial charge in [-0.2, -0.15) is 0 Å². The van der Waals surface area contributed by atoms with Gasteiger partial charge in [-0.3, -0.25) is 0 Å². The number of halogens is 1. The monoisotopic (exact) mass is 277 g/mol. The third-order valence-corrected chi connectivity index (χ3v) is 4.92. The first-order valence-electron chi connectivity index (χ1n) is 7.86. The summed E-state index contributed by atoms with van der Waals surface area (Å²) in [6.07, 6.45) is 8.24. The number of hydrogen-bond donors (Lipinski definition) is 1. The minimum Gasteiger partial charge on any atom is -0.490 e. The lowest BCUT2D eigenvalue weighted by Crippen LogP contribution is -2.37. The summed E-state index contributed by atoms with van der Waals surface area (Å²) >= 11 is 0. The number of hydrogen-bond acceptors (Lipinski definition) is 2. The molecular weight excluding hydrogens is 253 g/mol. The van der Waals surface area contributed by atoms with Gasteiger partial charge in [0.1, 0.15) is 0 Å². The van der Waals surface area contributed by atoms with Crippen molar-refractivity contribution >= 4 is 0 Å². The van der Waals surface area contributed by atoms with Gasteiger partial charge in [-0.15, -0.1) is 0 Å². The molecule has 2 fully saturated rings. The lowest BCUT2D eigenvalue weighted by Gasteiger charge is -2.37. The van der Waals surface area contributed by atoms with E-state index in [0.29, 0.717) is 24.8 Å². The van der Waals surface area contributed by atoms with Crippen molar-refractivity contribution in [3.63, 3.8) is 0 Å². The van der Waals surface area contributed by atoms with Gasteiger partial charge in [-0.1, -0.05) is 25.3 Å². The fourth-order valence-electron chi connectivity index (χ4n) is 3.28. The van der Waals surface area contributed by atoms with Gasteiger partial charge in [0.25, 0.3) is 0 Å². The molecule has 0 saturated heterocycles. The Morgan fingerprint density at radius 2 is 1.95 bits per heavy atom. The molecule has 1 aromatic carbocycles. The molecule has 0 unspecified atom stereocenters. The smallest absolute Gasteiger partial charge is 0.165 e. The average Bonchev–Trinajstić information content (AvgIpc) is 3.31. The van der Waals surface area contributed by atoms with Gasteiger partial charge in [0.2, 0.25) is 0 Å². The van der Waals surface area contributed by atoms with Crippen LogP contribution in [0.1, 0.15) is 50.5 Å². The Balaban J connectivity index is 1.77. The SMILES string of the molecule is NCC1(c2ccc(OCC3CC3)c(F)c2)CCCCC1. The molecule has 0 spiro atoms. The second-order valence-electron chi connectivity index (χ2n) is 6.44. The predicted octanol–water partition coefficient (Wildman–Crippen LogP) is 3.78. The zero-order valence-corrected chi connectivity index (χ0v) is 12.0. The van der Waals surface area contributed by atoms with Crippen molar-refractivity contribution < 1.29 is 9.13 Å². The molecule has 0 amide bonds. The van der Waals surface area contributed by atoms with Crippen LogP contribution in [0.2, 0.25) is 0 Å². The van der Waals surface area contributed by atoms with Crippen LogP contribution in [0, 0.1) is 11.7 Å². The normalized spacial score (nSPS) is 21.7. The zero-order chi connectivity index (χ0) is 14.0. The summed E-state index contributed by atoms with van der Waals surface area (Å²) in [5, 5.41) is 0. The average molecular weight is 277 g/mol. The first-order valence-corrected chi connectivity index (χ1v) is 7.86. The predicted molar refractivity (Wildman–Crippen MR) is 78.4 cm³/mol. The molecule has 0 aromatic heterocycles. The van der Waals surface area contributed by atoms with Gasteiger partial charge < -0.3 is 10.5 Å². The molecule has 2 saturated carbocycles. The quantitative estimate of drug-likeness (QED) is 0.889. The van der Waals surface area contributed by atoms with Gasteiger partial charge in [0, 0.05) is 12.0 Å². The Bertz CT molecular complexity index is 464. The molecular formula is C17H24FNO. The maximum atomic E-state index is 14.2. The van der Waals surface area contributed by atoms with Crippen molar-refractivity contribution in [3.8, 4) is 5.75 Å². The first-order chi connectivity index (χ1) is 9.73. The van der Waals surface area contributed by atoms with Crippen molar-refractivity contribution in [3.05, 3.63) is 29.6 Å². The standard InChI is InChI=1S/C17H24FNO/c18-15-10-14(17(12-19)8-2-1-3-9-17)6-7-16(15)20-11-13-4-5-13/h6-7,10,13H,1-5,8-9,11-12,19H2. The summed E-state index contributed by atoms with van der Waals surface area (Å²) < 4.78 is 19.8. The molecule has 0 heterocycles. The first kappa shape index (κ1) is 13.9. The van der Waals surface area contributed by atoms with Crippen molar-refractivity contribution in [1.82, 2.24) is 0 Å². The number of ether oxygens (including phenoxy) is 1. The number of rotatable bonds is 5. The fraction of sp³-hybridized carbons (Fsp3) is 0.647. The molecule has 110 valence electrons. The Hall–Kier alpha value is -1.09. The highest BCUT2D eigenvalue weighted by Gasteiger charge is 2.33. The van der Waals surface area contributed by atoms with Crippen LogP contribution in [0.5, 0.6) is 5.75 Å². The highest BCUT2D eigenvalue weighted by Crippen LogP contribution is 2.40. The Morgan fingerprint density at radius 1 is 1.20 bits per heavy atom. The summed E-state index contributed by atoms with van der Waals surface area (Å²) in [5.74, 6) is 0.799. The fourth-order valence-corrected chi connectivity index (χ4v) is 3.28. The lowest BCUT2D eigenvalue weighted by atomic mass is 9.69. The molecule has 20 heavy (non-hydrogen) atoms. The van der Waals surface area contributed by atoms with E-state index in [1.807, 2.05) is 6.07 Å². The third kappa shape index (κ3) is 2.83. The topological polar surface area (TPSA) is 35.2 Å². The molecule has 0 bridgehead atoms. The van der Waals surface area contributed by atoms with E-state index in [1.165, 1.54) is 32.1 Å². The van der Waals surface area contributed by atoms with Crippen molar-refractivity contribution in [2.45, 2.75) is 50.4 Å². The van der Waals surface area contributed by atoms with Crippen LogP contribution >= 0.6 is 0 Å². The summed E-state index contributed by atoms with van der Waals surface area (Å²) in [6.45, 7) is 1.26. The minimum atomic E-state index is -0.235. The molecule has 3 heteroatoms. The molecule has 0 atom stereocenters. The second kappa shape index (κ2) is 5.72. The summed E-state index contributed by atoms with van der Waals surface area (Å²) in [6, 6.07) is 5.46. The highest BCUT2D eigenvalue weighted by molar-refractivity contribution is 5.34. The van der Waals surface area contributed by atoms with Crippen LogP contribution in [0.3, 0.4) is 0 Å². The number of nitrogens with two attached hydrogens (primary N) is 1. The van der Waals surface area contributed by atoms with E-state index in [4.69, 9.17) is 10.5 Å². The van der Waals surface area contributed by atoms with Crippen LogP contribution in [0.4, 0.5) is 4.39 Å². The van der Waals surface area contributed by atoms with Gasteiger partial charge in [0.15, 0.2) is 11.6 Å². The van der Waals surface area contributed by atoms with E-state index in [-0.39, 0.29) is 11.2 Å². The number of benzene rings is 1. The van der Waals surface area contributed by atoms with Crippen LogP contribution in [0.15, 0.2) is 18.2 Å². The van der Waals surface area contributed by atoms with E-state index < -0.39 is 0 Å². The van der Waals surface area contributed by atoms with Gasteiger partial charge in [-0.25, -0.2) is 4.39 Å². The lowest BCUT2D eigenvalue weighted by molar-refractivity contribution is 0.281. The highest BCUT2D eigenvalue weighted by atomic mass is 19.1. The van der Waals surface area contributed by atoms with Crippen LogP contribution in [-0.4, -0.2) is 13.2 Å². The van der Waals surface area contributed by atoms with E-state index in [0.717, 1.165) is 18.4 Å². The van der Waals surface area contributed by atoms with E-state index >= 15 is 0 Å². The minimum absolute atomic E-state index is 0.0197. The molecule has 2 nitrogen and oxygen atoms in total. The third-order valence-electron chi connectivity index (χ3n) is 4.92. The molecule has 2 N–H and O–H groups in total. The largest absolute Gasteiger partial charge is 0.490 e. The van der Waals surface area contributed by atoms with Gasteiger partial charge >= 0.3 is 0 Å². The van der Waals surface area contributed by atoms with Crippen molar-refractivity contribution in [1.29, 1.82) is 0 Å². The summed E-state index contributed by atoms with van der Waals surface area (Å²) in [5.41, 5.74) is 7.04. The molecule has 2 aliphatic carbocycles. The molecule has 2 aliphatic rings. The summed E-state index contributed by atoms with van der Waals surface area (Å²) in [7, 11) is 0. The Kier molecular flexibility index (Phi) is 3.97. The van der Waals surface area contributed by atoms with Crippen LogP contribution in [0.25, 0.3) is 0 Å². The van der Waals surface area contributed by atoms with E-state index in [9.17, 15) is 4.39 Å². The molecule has 0 radical (unpaired) electrons. The van der Waals surface area contributed by atoms with Crippen molar-refractivity contribution in [2.75, 3.05) is 13.2 Å². The Morgan fingerprint density at radius 3 is 2.55 bits per heavy atom. The van der Waals surface area contributed by atoms with Crippen molar-refractivity contribution in [2.24, 2.45) is 11.7 Å². The van der Waals surface area contributed by atoms with E-state index in [2.05, 4.69) is 0 Å². The summed E-state index contributed by atoms with van der Waals surface area (Å²) in [4.78, 5) is 0. The van der Waals surface area contributed by atoms with Crippen LogP contribution in [-0.2, 0) is 5.41 Å². The maximum Gasteiger partial charge on any atom is 0.165 e. The molecule has 1 aromatic rings. The molecule has 3 rings (SSSR count). The van der Waals surface area contributed by atoms with E-state index in [1.54, 1.807) is 12.1 Å². The van der Waals surface area contributed by atoms with Gasteiger partial charge in [-0.05, 0) is 49.3 Å². The molecule has 0 aliphatic heterocycles. The van der Waals surface area contributed by atoms with Crippen LogP contribution < -0.4 is 10.5 Å². The second-order valence-corrected chi connectivity index (χ2v) is 6.44. The zero-order valence-electron chi connectivity index (χ0n) is 12.0.